The van der Waals surface area contributed by atoms with Gasteiger partial charge in [0.25, 0.3) is 0 Å². The zero-order chi connectivity index (χ0) is 10.7. The first-order valence-electron chi connectivity index (χ1n) is 4.61. The standard InChI is InChI=1S/C11H11BrN2O/c1-14-11(12)13-10(15-14)8-7-9-5-3-2-4-6-9/h2-8,11H,1H3. The van der Waals surface area contributed by atoms with E-state index in [2.05, 4.69) is 20.9 Å². The summed E-state index contributed by atoms with van der Waals surface area (Å²) in [5, 5.41) is 1.55. The molecule has 0 amide bonds. The van der Waals surface area contributed by atoms with Crippen LogP contribution in [-0.2, 0) is 4.84 Å². The van der Waals surface area contributed by atoms with Gasteiger partial charge in [-0.25, -0.2) is 4.99 Å². The fourth-order valence-electron chi connectivity index (χ4n) is 1.21. The summed E-state index contributed by atoms with van der Waals surface area (Å²) in [7, 11) is 1.83. The van der Waals surface area contributed by atoms with Crippen molar-refractivity contribution in [1.29, 1.82) is 0 Å². The zero-order valence-corrected chi connectivity index (χ0v) is 9.89. The number of benzene rings is 1. The van der Waals surface area contributed by atoms with Crippen LogP contribution in [0, 0.1) is 0 Å². The van der Waals surface area contributed by atoms with Crippen molar-refractivity contribution in [2.75, 3.05) is 7.05 Å². The lowest BCUT2D eigenvalue weighted by Gasteiger charge is -2.08. The van der Waals surface area contributed by atoms with Crippen LogP contribution in [0.25, 0.3) is 6.08 Å². The number of hydrogen-bond donors (Lipinski definition) is 0. The van der Waals surface area contributed by atoms with Crippen LogP contribution in [0.3, 0.4) is 0 Å². The predicted molar refractivity (Wildman–Crippen MR) is 64.5 cm³/mol. The molecule has 0 N–H and O–H groups in total. The van der Waals surface area contributed by atoms with Gasteiger partial charge in [0.05, 0.1) is 0 Å². The van der Waals surface area contributed by atoms with E-state index in [1.54, 1.807) is 5.06 Å². The molecule has 0 saturated carbocycles. The van der Waals surface area contributed by atoms with Gasteiger partial charge in [-0.05, 0) is 27.6 Å². The largest absolute Gasteiger partial charge is 0.383 e. The molecule has 0 radical (unpaired) electrons. The zero-order valence-electron chi connectivity index (χ0n) is 8.30. The third-order valence-corrected chi connectivity index (χ3v) is 2.77. The summed E-state index contributed by atoms with van der Waals surface area (Å²) in [6, 6.07) is 10.0. The molecule has 15 heavy (non-hydrogen) atoms. The van der Waals surface area contributed by atoms with E-state index in [9.17, 15) is 0 Å². The van der Waals surface area contributed by atoms with Gasteiger partial charge in [0, 0.05) is 13.1 Å². The Morgan fingerprint density at radius 1 is 1.33 bits per heavy atom. The quantitative estimate of drug-likeness (QED) is 0.608. The van der Waals surface area contributed by atoms with Crippen molar-refractivity contribution in [3.8, 4) is 0 Å². The molecule has 1 atom stereocenters. The average Bonchev–Trinajstić information content (AvgIpc) is 2.57. The van der Waals surface area contributed by atoms with Crippen molar-refractivity contribution in [3.63, 3.8) is 0 Å². The monoisotopic (exact) mass is 266 g/mol. The highest BCUT2D eigenvalue weighted by Gasteiger charge is 2.19. The van der Waals surface area contributed by atoms with Crippen molar-refractivity contribution < 1.29 is 4.84 Å². The molecule has 0 aromatic heterocycles. The summed E-state index contributed by atoms with van der Waals surface area (Å²) in [5.74, 6) is 0.614. The second-order valence-electron chi connectivity index (χ2n) is 3.16. The summed E-state index contributed by atoms with van der Waals surface area (Å²) >= 11 is 3.35. The molecule has 0 spiro atoms. The Labute approximate surface area is 97.2 Å². The summed E-state index contributed by atoms with van der Waals surface area (Å²) in [6.07, 6.45) is 3.82. The molecular weight excluding hydrogens is 256 g/mol. The number of alkyl halides is 1. The normalized spacial score (nSPS) is 21.7. The summed E-state index contributed by atoms with van der Waals surface area (Å²) in [6.45, 7) is 0. The van der Waals surface area contributed by atoms with Crippen molar-refractivity contribution in [3.05, 3.63) is 42.0 Å². The molecule has 1 aromatic rings. The van der Waals surface area contributed by atoms with Crippen LogP contribution >= 0.6 is 15.9 Å². The third-order valence-electron chi connectivity index (χ3n) is 1.99. The molecule has 1 aliphatic rings. The van der Waals surface area contributed by atoms with E-state index in [0.29, 0.717) is 5.90 Å². The maximum atomic E-state index is 5.34. The molecule has 1 aliphatic heterocycles. The van der Waals surface area contributed by atoms with Crippen LogP contribution in [0.5, 0.6) is 0 Å². The first-order chi connectivity index (χ1) is 7.25. The third kappa shape index (κ3) is 2.67. The summed E-state index contributed by atoms with van der Waals surface area (Å²) < 4.78 is 0. The molecule has 0 saturated heterocycles. The molecule has 1 unspecified atom stereocenters. The minimum atomic E-state index is -0.0899. The number of halogens is 1. The van der Waals surface area contributed by atoms with Gasteiger partial charge in [0.1, 0.15) is 0 Å². The number of rotatable bonds is 2. The molecule has 0 bridgehead atoms. The lowest BCUT2D eigenvalue weighted by atomic mass is 10.2. The summed E-state index contributed by atoms with van der Waals surface area (Å²) in [4.78, 5) is 9.58. The van der Waals surface area contributed by atoms with Crippen LogP contribution in [0.1, 0.15) is 5.56 Å². The van der Waals surface area contributed by atoms with Crippen LogP contribution in [-0.4, -0.2) is 23.1 Å². The smallest absolute Gasteiger partial charge is 0.236 e. The Bertz CT molecular complexity index is 389. The molecule has 1 aromatic carbocycles. The Hall–Kier alpha value is -1.13. The van der Waals surface area contributed by atoms with Gasteiger partial charge in [-0.2, -0.15) is 0 Å². The van der Waals surface area contributed by atoms with Crippen LogP contribution in [0.15, 0.2) is 41.4 Å². The van der Waals surface area contributed by atoms with Gasteiger partial charge in [-0.15, -0.1) is 5.06 Å². The van der Waals surface area contributed by atoms with Gasteiger partial charge in [-0.3, -0.25) is 0 Å². The van der Waals surface area contributed by atoms with Crippen molar-refractivity contribution in [2.45, 2.75) is 5.08 Å². The van der Waals surface area contributed by atoms with Crippen molar-refractivity contribution >= 4 is 27.9 Å². The lowest BCUT2D eigenvalue weighted by Crippen LogP contribution is -2.19. The summed E-state index contributed by atoms with van der Waals surface area (Å²) in [5.41, 5.74) is 1.13. The topological polar surface area (TPSA) is 24.8 Å². The van der Waals surface area contributed by atoms with E-state index in [0.717, 1.165) is 5.56 Å². The van der Waals surface area contributed by atoms with Crippen LogP contribution in [0.4, 0.5) is 0 Å². The van der Waals surface area contributed by atoms with E-state index in [1.807, 2.05) is 49.5 Å². The number of aliphatic imine (C=N–C) groups is 1. The molecule has 0 fully saturated rings. The Kier molecular flexibility index (Phi) is 3.18. The fraction of sp³-hybridized carbons (Fsp3) is 0.182. The van der Waals surface area contributed by atoms with Gasteiger partial charge in [0.15, 0.2) is 5.08 Å². The fourth-order valence-corrected chi connectivity index (χ4v) is 1.49. The van der Waals surface area contributed by atoms with Gasteiger partial charge >= 0.3 is 0 Å². The minimum absolute atomic E-state index is 0.0899. The van der Waals surface area contributed by atoms with Gasteiger partial charge in [0.2, 0.25) is 5.90 Å². The molecule has 1 heterocycles. The van der Waals surface area contributed by atoms with Gasteiger partial charge in [-0.1, -0.05) is 30.3 Å². The second kappa shape index (κ2) is 4.59. The number of nitrogens with zero attached hydrogens (tertiary/aromatic N) is 2. The SMILES string of the molecule is CN1OC(C=Cc2ccccc2)=NC1Br. The maximum Gasteiger partial charge on any atom is 0.236 e. The number of hydroxylamine groups is 2. The predicted octanol–water partition coefficient (Wildman–Crippen LogP) is 2.65. The van der Waals surface area contributed by atoms with E-state index < -0.39 is 0 Å². The molecule has 3 nitrogen and oxygen atoms in total. The van der Waals surface area contributed by atoms with Crippen molar-refractivity contribution in [2.24, 2.45) is 4.99 Å². The Morgan fingerprint density at radius 3 is 2.67 bits per heavy atom. The van der Waals surface area contributed by atoms with Crippen LogP contribution in [0.2, 0.25) is 0 Å². The number of hydrogen-bond acceptors (Lipinski definition) is 3. The van der Waals surface area contributed by atoms with E-state index in [4.69, 9.17) is 4.84 Å². The highest BCUT2D eigenvalue weighted by atomic mass is 79.9. The lowest BCUT2D eigenvalue weighted by molar-refractivity contribution is -0.0280. The minimum Gasteiger partial charge on any atom is -0.383 e. The average molecular weight is 267 g/mol. The molecule has 0 aliphatic carbocycles. The van der Waals surface area contributed by atoms with Crippen molar-refractivity contribution in [1.82, 2.24) is 5.06 Å². The van der Waals surface area contributed by atoms with E-state index in [-0.39, 0.29) is 5.08 Å². The highest BCUT2D eigenvalue weighted by Crippen LogP contribution is 2.16. The maximum absolute atomic E-state index is 5.34. The molecule has 4 heteroatoms. The first-order valence-corrected chi connectivity index (χ1v) is 5.53. The Morgan fingerprint density at radius 2 is 2.07 bits per heavy atom. The van der Waals surface area contributed by atoms with Gasteiger partial charge < -0.3 is 4.84 Å². The first kappa shape index (κ1) is 10.4. The van der Waals surface area contributed by atoms with E-state index >= 15 is 0 Å². The van der Waals surface area contributed by atoms with E-state index in [1.165, 1.54) is 0 Å². The Balaban J connectivity index is 2.04. The highest BCUT2D eigenvalue weighted by molar-refractivity contribution is 9.09. The second-order valence-corrected chi connectivity index (χ2v) is 3.98. The molecule has 78 valence electrons. The molecular formula is C11H11BrN2O. The van der Waals surface area contributed by atoms with Crippen LogP contribution < -0.4 is 0 Å². The molecule has 2 rings (SSSR count).